The monoisotopic (exact) mass is 269 g/mol. The van der Waals surface area contributed by atoms with E-state index in [2.05, 4.69) is 48.6 Å². The van der Waals surface area contributed by atoms with Gasteiger partial charge in [-0.1, -0.05) is 50.1 Å². The average Bonchev–Trinajstić information content (AvgIpc) is 2.52. The summed E-state index contributed by atoms with van der Waals surface area (Å²) in [6.07, 6.45) is 3.57. The maximum absolute atomic E-state index is 5.23. The van der Waals surface area contributed by atoms with E-state index in [-0.39, 0.29) is 0 Å². The minimum atomic E-state index is 0.350. The molecule has 0 spiro atoms. The predicted octanol–water partition coefficient (Wildman–Crippen LogP) is 5.04. The molecule has 0 saturated carbocycles. The molecule has 2 nitrogen and oxygen atoms in total. The third-order valence-electron chi connectivity index (χ3n) is 3.48. The van der Waals surface area contributed by atoms with Crippen molar-refractivity contribution in [3.8, 4) is 5.75 Å². The molecule has 106 valence electrons. The first-order chi connectivity index (χ1) is 9.83. The van der Waals surface area contributed by atoms with E-state index in [1.165, 1.54) is 24.1 Å². The van der Waals surface area contributed by atoms with E-state index in [0.29, 0.717) is 6.04 Å². The topological polar surface area (TPSA) is 21.3 Å². The lowest BCUT2D eigenvalue weighted by Crippen LogP contribution is -2.10. The van der Waals surface area contributed by atoms with Crippen LogP contribution in [0.25, 0.3) is 0 Å². The molecule has 0 fully saturated rings. The second-order valence-corrected chi connectivity index (χ2v) is 4.98. The third-order valence-corrected chi connectivity index (χ3v) is 3.48. The van der Waals surface area contributed by atoms with Gasteiger partial charge in [0.25, 0.3) is 0 Å². The van der Waals surface area contributed by atoms with Crippen molar-refractivity contribution in [1.29, 1.82) is 0 Å². The predicted molar refractivity (Wildman–Crippen MR) is 85.3 cm³/mol. The van der Waals surface area contributed by atoms with Gasteiger partial charge in [-0.2, -0.15) is 0 Å². The Hall–Kier alpha value is -1.96. The maximum atomic E-state index is 5.23. The second kappa shape index (κ2) is 7.59. The van der Waals surface area contributed by atoms with E-state index < -0.39 is 0 Å². The molecule has 20 heavy (non-hydrogen) atoms. The highest BCUT2D eigenvalue weighted by Crippen LogP contribution is 2.26. The zero-order valence-electron chi connectivity index (χ0n) is 12.3. The number of hydrogen-bond donors (Lipinski definition) is 1. The van der Waals surface area contributed by atoms with Gasteiger partial charge < -0.3 is 10.1 Å². The lowest BCUT2D eigenvalue weighted by molar-refractivity contribution is 0.414. The molecule has 0 heterocycles. The number of hydrogen-bond acceptors (Lipinski definition) is 2. The molecular formula is C18H23NO. The molecule has 0 saturated heterocycles. The van der Waals surface area contributed by atoms with Gasteiger partial charge >= 0.3 is 0 Å². The molecule has 0 aromatic heterocycles. The molecule has 0 aliphatic heterocycles. The number of anilines is 1. The fraction of sp³-hybridized carbons (Fsp3) is 0.333. The summed E-state index contributed by atoms with van der Waals surface area (Å²) in [6, 6.07) is 19.1. The zero-order valence-corrected chi connectivity index (χ0v) is 12.3. The smallest absolute Gasteiger partial charge is 0.118 e. The van der Waals surface area contributed by atoms with Gasteiger partial charge in [0.05, 0.1) is 13.2 Å². The van der Waals surface area contributed by atoms with Crippen LogP contribution in [0.2, 0.25) is 0 Å². The molecule has 2 aromatic rings. The van der Waals surface area contributed by atoms with Crippen molar-refractivity contribution >= 4 is 5.69 Å². The number of rotatable bonds is 7. The van der Waals surface area contributed by atoms with Crippen molar-refractivity contribution < 1.29 is 4.74 Å². The number of unbranched alkanes of at least 4 members (excludes halogenated alkanes) is 1. The summed E-state index contributed by atoms with van der Waals surface area (Å²) in [4.78, 5) is 0. The van der Waals surface area contributed by atoms with Gasteiger partial charge in [0.2, 0.25) is 0 Å². The summed E-state index contributed by atoms with van der Waals surface area (Å²) in [5.74, 6) is 0.905. The highest BCUT2D eigenvalue weighted by atomic mass is 16.5. The highest BCUT2D eigenvalue weighted by Gasteiger charge is 2.10. The lowest BCUT2D eigenvalue weighted by atomic mass is 10.0. The number of para-hydroxylation sites is 1. The summed E-state index contributed by atoms with van der Waals surface area (Å²) in [5, 5.41) is 3.63. The van der Waals surface area contributed by atoms with Crippen LogP contribution in [0.1, 0.15) is 37.8 Å². The van der Waals surface area contributed by atoms with E-state index in [0.717, 1.165) is 12.2 Å². The highest BCUT2D eigenvalue weighted by molar-refractivity contribution is 5.45. The molecule has 1 unspecified atom stereocenters. The fourth-order valence-electron chi connectivity index (χ4n) is 2.30. The first-order valence-electron chi connectivity index (χ1n) is 7.29. The Morgan fingerprint density at radius 1 is 1.00 bits per heavy atom. The van der Waals surface area contributed by atoms with Crippen LogP contribution in [0, 0.1) is 0 Å². The largest absolute Gasteiger partial charge is 0.497 e. The van der Waals surface area contributed by atoms with Crippen molar-refractivity contribution in [2.75, 3.05) is 12.4 Å². The molecule has 1 atom stereocenters. The lowest BCUT2D eigenvalue weighted by Gasteiger charge is -2.20. The number of nitrogens with one attached hydrogen (secondary N) is 1. The van der Waals surface area contributed by atoms with Crippen molar-refractivity contribution in [3.63, 3.8) is 0 Å². The summed E-state index contributed by atoms with van der Waals surface area (Å²) in [7, 11) is 1.70. The Kier molecular flexibility index (Phi) is 5.48. The van der Waals surface area contributed by atoms with Crippen LogP contribution in [0.3, 0.4) is 0 Å². The van der Waals surface area contributed by atoms with E-state index in [1.54, 1.807) is 7.11 Å². The molecule has 0 bridgehead atoms. The Labute approximate surface area is 121 Å². The van der Waals surface area contributed by atoms with Gasteiger partial charge in [-0.05, 0) is 36.2 Å². The summed E-state index contributed by atoms with van der Waals surface area (Å²) < 4.78 is 5.23. The minimum absolute atomic E-state index is 0.350. The third kappa shape index (κ3) is 4.02. The van der Waals surface area contributed by atoms with Crippen molar-refractivity contribution in [1.82, 2.24) is 0 Å². The number of methoxy groups -OCH3 is 1. The molecular weight excluding hydrogens is 246 g/mol. The van der Waals surface area contributed by atoms with E-state index >= 15 is 0 Å². The molecule has 2 rings (SSSR count). The van der Waals surface area contributed by atoms with Crippen LogP contribution in [-0.2, 0) is 0 Å². The van der Waals surface area contributed by atoms with Gasteiger partial charge in [0.15, 0.2) is 0 Å². The molecule has 0 aliphatic carbocycles. The summed E-state index contributed by atoms with van der Waals surface area (Å²) in [6.45, 7) is 2.23. The molecule has 0 amide bonds. The van der Waals surface area contributed by atoms with Gasteiger partial charge in [0, 0.05) is 5.69 Å². The maximum Gasteiger partial charge on any atom is 0.118 e. The normalized spacial score (nSPS) is 11.9. The van der Waals surface area contributed by atoms with Crippen molar-refractivity contribution in [2.24, 2.45) is 0 Å². The summed E-state index contributed by atoms with van der Waals surface area (Å²) >= 11 is 0. The Balaban J connectivity index is 2.13. The SMILES string of the molecule is CCCCC(Nc1ccccc1)c1ccc(OC)cc1. The fourth-order valence-corrected chi connectivity index (χ4v) is 2.30. The zero-order chi connectivity index (χ0) is 14.2. The first-order valence-corrected chi connectivity index (χ1v) is 7.29. The second-order valence-electron chi connectivity index (χ2n) is 4.98. The molecule has 1 N–H and O–H groups in total. The Morgan fingerprint density at radius 2 is 1.70 bits per heavy atom. The number of benzene rings is 2. The standard InChI is InChI=1S/C18H23NO/c1-3-4-10-18(19-16-8-6-5-7-9-16)15-11-13-17(20-2)14-12-15/h5-9,11-14,18-19H,3-4,10H2,1-2H3. The van der Waals surface area contributed by atoms with Gasteiger partial charge in [-0.15, -0.1) is 0 Å². The van der Waals surface area contributed by atoms with Gasteiger partial charge in [0.1, 0.15) is 5.75 Å². The Morgan fingerprint density at radius 3 is 2.30 bits per heavy atom. The van der Waals surface area contributed by atoms with E-state index in [4.69, 9.17) is 4.74 Å². The molecule has 2 heteroatoms. The van der Waals surface area contributed by atoms with Crippen LogP contribution >= 0.6 is 0 Å². The van der Waals surface area contributed by atoms with Crippen molar-refractivity contribution in [3.05, 3.63) is 60.2 Å². The van der Waals surface area contributed by atoms with Crippen LogP contribution in [0.4, 0.5) is 5.69 Å². The van der Waals surface area contributed by atoms with Crippen LogP contribution in [0.5, 0.6) is 5.75 Å². The quantitative estimate of drug-likeness (QED) is 0.760. The number of ether oxygens (including phenoxy) is 1. The van der Waals surface area contributed by atoms with Crippen LogP contribution in [0.15, 0.2) is 54.6 Å². The molecule has 0 radical (unpaired) electrons. The van der Waals surface area contributed by atoms with Gasteiger partial charge in [-0.3, -0.25) is 0 Å². The van der Waals surface area contributed by atoms with Gasteiger partial charge in [-0.25, -0.2) is 0 Å². The Bertz CT molecular complexity index is 493. The van der Waals surface area contributed by atoms with E-state index in [9.17, 15) is 0 Å². The molecule has 0 aliphatic rings. The average molecular weight is 269 g/mol. The minimum Gasteiger partial charge on any atom is -0.497 e. The van der Waals surface area contributed by atoms with Crippen LogP contribution < -0.4 is 10.1 Å². The van der Waals surface area contributed by atoms with E-state index in [1.807, 2.05) is 18.2 Å². The first kappa shape index (κ1) is 14.4. The van der Waals surface area contributed by atoms with Crippen molar-refractivity contribution in [2.45, 2.75) is 32.2 Å². The summed E-state index contributed by atoms with van der Waals surface area (Å²) in [5.41, 5.74) is 2.48. The molecule has 2 aromatic carbocycles. The van der Waals surface area contributed by atoms with Crippen LogP contribution in [-0.4, -0.2) is 7.11 Å².